The molecule has 0 radical (unpaired) electrons. The zero-order valence-electron chi connectivity index (χ0n) is 19.7. The number of carbonyl (C=O) groups is 1. The van der Waals surface area contributed by atoms with E-state index in [-0.39, 0.29) is 5.41 Å². The average molecular weight is 464 g/mol. The second kappa shape index (κ2) is 10.2. The van der Waals surface area contributed by atoms with Crippen LogP contribution in [0.4, 0.5) is 0 Å². The number of rotatable bonds is 8. The quantitative estimate of drug-likeness (QED) is 0.175. The van der Waals surface area contributed by atoms with E-state index in [0.717, 1.165) is 39.6 Å². The zero-order valence-corrected chi connectivity index (χ0v) is 20.6. The number of hydrogen-bond donors (Lipinski definition) is 1. The first-order valence-electron chi connectivity index (χ1n) is 10.6. The summed E-state index contributed by atoms with van der Waals surface area (Å²) in [5.74, 6) is 1.48. The molecule has 33 heavy (non-hydrogen) atoms. The molecule has 0 aliphatic carbocycles. The van der Waals surface area contributed by atoms with Crippen LogP contribution in [0.2, 0.25) is 0 Å². The smallest absolute Gasteiger partial charge is 0.378 e. The SMILES string of the molecule is C=CC(=O)Oc1ccc(C(C)(C)c2ccc(OP(N)Oc3ccccc3C)c(C)c2)cc1C. The van der Waals surface area contributed by atoms with Gasteiger partial charge in [0.15, 0.2) is 0 Å². The van der Waals surface area contributed by atoms with Crippen molar-refractivity contribution in [3.8, 4) is 17.2 Å². The first-order valence-corrected chi connectivity index (χ1v) is 11.9. The molecular formula is C27H30NO4P. The van der Waals surface area contributed by atoms with Gasteiger partial charge in [-0.2, -0.15) is 0 Å². The minimum Gasteiger partial charge on any atom is -0.427 e. The third kappa shape index (κ3) is 5.81. The number of esters is 1. The molecule has 172 valence electrons. The molecule has 0 aromatic heterocycles. The Labute approximate surface area is 197 Å². The lowest BCUT2D eigenvalue weighted by Gasteiger charge is -2.28. The van der Waals surface area contributed by atoms with Gasteiger partial charge in [-0.25, -0.2) is 10.3 Å². The molecule has 0 bridgehead atoms. The molecule has 5 nitrogen and oxygen atoms in total. The number of nitrogens with two attached hydrogens (primary N) is 1. The van der Waals surface area contributed by atoms with E-state index >= 15 is 0 Å². The summed E-state index contributed by atoms with van der Waals surface area (Å²) in [6, 6.07) is 19.6. The molecular weight excluding hydrogens is 433 g/mol. The summed E-state index contributed by atoms with van der Waals surface area (Å²) in [6.45, 7) is 13.6. The zero-order chi connectivity index (χ0) is 24.2. The number of benzene rings is 3. The molecule has 0 heterocycles. The summed E-state index contributed by atoms with van der Waals surface area (Å²) in [4.78, 5) is 11.5. The summed E-state index contributed by atoms with van der Waals surface area (Å²) in [5, 5.41) is 0. The van der Waals surface area contributed by atoms with Gasteiger partial charge in [0.05, 0.1) is 0 Å². The van der Waals surface area contributed by atoms with Crippen molar-refractivity contribution in [2.24, 2.45) is 5.50 Å². The fraction of sp³-hybridized carbons (Fsp3) is 0.222. The van der Waals surface area contributed by atoms with Crippen molar-refractivity contribution in [3.05, 3.63) is 101 Å². The van der Waals surface area contributed by atoms with Gasteiger partial charge in [0.2, 0.25) is 0 Å². The van der Waals surface area contributed by atoms with Crippen LogP contribution in [0.5, 0.6) is 17.2 Å². The van der Waals surface area contributed by atoms with Crippen LogP contribution in [0.25, 0.3) is 0 Å². The van der Waals surface area contributed by atoms with E-state index in [9.17, 15) is 4.79 Å². The summed E-state index contributed by atoms with van der Waals surface area (Å²) < 4.78 is 17.0. The van der Waals surface area contributed by atoms with E-state index in [1.807, 2.05) is 75.4 Å². The van der Waals surface area contributed by atoms with Gasteiger partial charge in [-0.05, 0) is 66.8 Å². The molecule has 0 aliphatic rings. The number of ether oxygens (including phenoxy) is 1. The monoisotopic (exact) mass is 463 g/mol. The van der Waals surface area contributed by atoms with Crippen molar-refractivity contribution in [2.45, 2.75) is 40.0 Å². The van der Waals surface area contributed by atoms with Crippen molar-refractivity contribution in [3.63, 3.8) is 0 Å². The maximum Gasteiger partial charge on any atom is 0.378 e. The molecule has 0 spiro atoms. The molecule has 1 unspecified atom stereocenters. The van der Waals surface area contributed by atoms with Crippen LogP contribution in [0.15, 0.2) is 73.3 Å². The summed E-state index contributed by atoms with van der Waals surface area (Å²) in [7, 11) is -1.61. The van der Waals surface area contributed by atoms with Crippen molar-refractivity contribution < 1.29 is 18.6 Å². The molecule has 1 atom stereocenters. The molecule has 6 heteroatoms. The number of aryl methyl sites for hydroxylation is 3. The number of carbonyl (C=O) groups excluding carboxylic acids is 1. The van der Waals surface area contributed by atoms with Gasteiger partial charge in [-0.1, -0.05) is 62.9 Å². The van der Waals surface area contributed by atoms with Gasteiger partial charge in [-0.15, -0.1) is 0 Å². The lowest BCUT2D eigenvalue weighted by molar-refractivity contribution is -0.129. The fourth-order valence-electron chi connectivity index (χ4n) is 3.48. The molecule has 0 amide bonds. The highest BCUT2D eigenvalue weighted by atomic mass is 31.2. The van der Waals surface area contributed by atoms with Gasteiger partial charge >= 0.3 is 14.5 Å². The molecule has 0 aliphatic heterocycles. The van der Waals surface area contributed by atoms with Crippen LogP contribution in [-0.4, -0.2) is 5.97 Å². The fourth-order valence-corrected chi connectivity index (χ4v) is 4.32. The topological polar surface area (TPSA) is 70.8 Å². The lowest BCUT2D eigenvalue weighted by Crippen LogP contribution is -2.19. The number of hydrogen-bond acceptors (Lipinski definition) is 5. The van der Waals surface area contributed by atoms with E-state index < -0.39 is 14.5 Å². The van der Waals surface area contributed by atoms with E-state index in [0.29, 0.717) is 11.5 Å². The average Bonchev–Trinajstić information content (AvgIpc) is 2.77. The minimum absolute atomic E-state index is 0.278. The second-order valence-corrected chi connectivity index (χ2v) is 9.38. The van der Waals surface area contributed by atoms with Crippen LogP contribution >= 0.6 is 8.53 Å². The molecule has 0 saturated carbocycles. The van der Waals surface area contributed by atoms with Crippen molar-refractivity contribution in [1.29, 1.82) is 0 Å². The van der Waals surface area contributed by atoms with Crippen LogP contribution in [0.3, 0.4) is 0 Å². The third-order valence-corrected chi connectivity index (χ3v) is 6.39. The van der Waals surface area contributed by atoms with Crippen LogP contribution in [0.1, 0.15) is 41.7 Å². The Morgan fingerprint density at radius 2 is 1.36 bits per heavy atom. The molecule has 0 saturated heterocycles. The van der Waals surface area contributed by atoms with E-state index in [1.54, 1.807) is 0 Å². The van der Waals surface area contributed by atoms with Crippen LogP contribution in [0, 0.1) is 20.8 Å². The second-order valence-electron chi connectivity index (χ2n) is 8.44. The summed E-state index contributed by atoms with van der Waals surface area (Å²) >= 11 is 0. The highest BCUT2D eigenvalue weighted by Crippen LogP contribution is 2.39. The molecule has 2 N–H and O–H groups in total. The van der Waals surface area contributed by atoms with Gasteiger partial charge in [0, 0.05) is 11.5 Å². The van der Waals surface area contributed by atoms with E-state index in [2.05, 4.69) is 26.5 Å². The maximum atomic E-state index is 11.5. The predicted molar refractivity (Wildman–Crippen MR) is 134 cm³/mol. The Hall–Kier alpha value is -3.14. The molecule has 3 aromatic carbocycles. The Kier molecular flexibility index (Phi) is 7.57. The maximum absolute atomic E-state index is 11.5. The first-order chi connectivity index (χ1) is 15.6. The Morgan fingerprint density at radius 3 is 1.88 bits per heavy atom. The lowest BCUT2D eigenvalue weighted by atomic mass is 9.77. The van der Waals surface area contributed by atoms with Crippen molar-refractivity contribution >= 4 is 14.5 Å². The third-order valence-electron chi connectivity index (χ3n) is 5.64. The Bertz CT molecular complexity index is 1170. The minimum atomic E-state index is -1.61. The van der Waals surface area contributed by atoms with Gasteiger partial charge in [-0.3, -0.25) is 0 Å². The molecule has 3 aromatic rings. The first kappa shape index (κ1) is 24.5. The Morgan fingerprint density at radius 1 is 0.848 bits per heavy atom. The molecule has 0 fully saturated rings. The Balaban J connectivity index is 1.77. The van der Waals surface area contributed by atoms with Gasteiger partial charge in [0.1, 0.15) is 17.2 Å². The van der Waals surface area contributed by atoms with Gasteiger partial charge in [0.25, 0.3) is 0 Å². The predicted octanol–water partition coefficient (Wildman–Crippen LogP) is 6.67. The summed E-state index contributed by atoms with van der Waals surface area (Å²) in [6.07, 6.45) is 1.16. The standard InChI is InChI=1S/C27H30NO4P/c1-7-26(29)30-23-14-12-21(16-19(23)3)27(5,6)22-13-15-25(20(4)17-22)32-33(28)31-24-11-9-8-10-18(24)2/h7-17H,1,28H2,2-6H3. The van der Waals surface area contributed by atoms with Crippen LogP contribution < -0.4 is 19.3 Å². The summed E-state index contributed by atoms with van der Waals surface area (Å²) in [5.41, 5.74) is 11.0. The van der Waals surface area contributed by atoms with Crippen LogP contribution in [-0.2, 0) is 10.2 Å². The molecule has 3 rings (SSSR count). The highest BCUT2D eigenvalue weighted by Gasteiger charge is 2.25. The van der Waals surface area contributed by atoms with Crippen molar-refractivity contribution in [2.75, 3.05) is 0 Å². The largest absolute Gasteiger partial charge is 0.427 e. The number of para-hydroxylation sites is 1. The highest BCUT2D eigenvalue weighted by molar-refractivity contribution is 7.45. The van der Waals surface area contributed by atoms with Gasteiger partial charge < -0.3 is 13.8 Å². The van der Waals surface area contributed by atoms with E-state index in [4.69, 9.17) is 19.3 Å². The van der Waals surface area contributed by atoms with E-state index in [1.165, 1.54) is 0 Å². The normalized spacial score (nSPS) is 12.1. The van der Waals surface area contributed by atoms with Crippen molar-refractivity contribution in [1.82, 2.24) is 0 Å².